The molecule has 5 heteroatoms. The van der Waals surface area contributed by atoms with Gasteiger partial charge in [0.1, 0.15) is 6.07 Å². The van der Waals surface area contributed by atoms with Crippen LogP contribution in [-0.4, -0.2) is 16.5 Å². The summed E-state index contributed by atoms with van der Waals surface area (Å²) < 4.78 is 5.75. The Balaban J connectivity index is 1.75. The molecule has 0 bridgehead atoms. The van der Waals surface area contributed by atoms with Gasteiger partial charge in [0, 0.05) is 30.4 Å². The Bertz CT molecular complexity index is 834. The van der Waals surface area contributed by atoms with Gasteiger partial charge in [-0.05, 0) is 30.7 Å². The summed E-state index contributed by atoms with van der Waals surface area (Å²) >= 11 is 0. The van der Waals surface area contributed by atoms with Gasteiger partial charge in [-0.15, -0.1) is 0 Å². The summed E-state index contributed by atoms with van der Waals surface area (Å²) in [5, 5.41) is 12.4. The number of aromatic nitrogens is 2. The van der Waals surface area contributed by atoms with Gasteiger partial charge in [0.15, 0.2) is 0 Å². The average molecular weight is 304 g/mol. The molecule has 0 aliphatic carbocycles. The fourth-order valence-corrected chi connectivity index (χ4v) is 2.29. The van der Waals surface area contributed by atoms with Gasteiger partial charge in [-0.3, -0.25) is 4.98 Å². The lowest BCUT2D eigenvalue weighted by molar-refractivity contribution is 0.584. The summed E-state index contributed by atoms with van der Waals surface area (Å²) in [6.45, 7) is 2.61. The molecule has 3 rings (SSSR count). The minimum Gasteiger partial charge on any atom is -0.419 e. The number of nitriles is 1. The largest absolute Gasteiger partial charge is 0.419 e. The zero-order valence-electron chi connectivity index (χ0n) is 12.8. The molecule has 0 radical (unpaired) electrons. The van der Waals surface area contributed by atoms with Gasteiger partial charge >= 0.3 is 0 Å². The predicted molar refractivity (Wildman–Crippen MR) is 87.8 cm³/mol. The molecular formula is C18H16N4O. The molecule has 0 saturated carbocycles. The van der Waals surface area contributed by atoms with E-state index in [1.165, 1.54) is 0 Å². The molecule has 0 spiro atoms. The number of hydrogen-bond donors (Lipinski definition) is 1. The third kappa shape index (κ3) is 3.38. The van der Waals surface area contributed by atoms with Gasteiger partial charge in [0.2, 0.25) is 17.5 Å². The van der Waals surface area contributed by atoms with Gasteiger partial charge in [-0.1, -0.05) is 24.3 Å². The Morgan fingerprint density at radius 3 is 2.74 bits per heavy atom. The van der Waals surface area contributed by atoms with Gasteiger partial charge in [0.25, 0.3) is 0 Å². The van der Waals surface area contributed by atoms with Gasteiger partial charge in [0.05, 0.1) is 0 Å². The Hall–Kier alpha value is -3.13. The minimum absolute atomic E-state index is 0.268. The van der Waals surface area contributed by atoms with Crippen LogP contribution in [0.2, 0.25) is 0 Å². The van der Waals surface area contributed by atoms with Gasteiger partial charge < -0.3 is 9.73 Å². The van der Waals surface area contributed by atoms with Crippen molar-refractivity contribution in [2.75, 3.05) is 11.9 Å². The van der Waals surface area contributed by atoms with Crippen molar-refractivity contribution in [3.8, 4) is 17.5 Å². The summed E-state index contributed by atoms with van der Waals surface area (Å²) in [6, 6.07) is 15.7. The van der Waals surface area contributed by atoms with Crippen molar-refractivity contribution in [1.82, 2.24) is 9.97 Å². The number of nitrogens with one attached hydrogen (secondary N) is 1. The lowest BCUT2D eigenvalue weighted by atomic mass is 10.1. The molecule has 0 fully saturated rings. The standard InChI is InChI=1S/C18H16N4O/c1-13-6-2-3-8-15(13)17-22-16(12-19)18(23-17)21-11-9-14-7-4-5-10-20-14/h2-8,10,21H,9,11H2,1H3. The molecule has 23 heavy (non-hydrogen) atoms. The topological polar surface area (TPSA) is 74.7 Å². The van der Waals surface area contributed by atoms with E-state index in [0.29, 0.717) is 18.3 Å². The highest BCUT2D eigenvalue weighted by Gasteiger charge is 2.15. The monoisotopic (exact) mass is 304 g/mol. The van der Waals surface area contributed by atoms with Crippen LogP contribution < -0.4 is 5.32 Å². The van der Waals surface area contributed by atoms with Gasteiger partial charge in [-0.2, -0.15) is 10.2 Å². The molecule has 114 valence electrons. The molecular weight excluding hydrogens is 288 g/mol. The van der Waals surface area contributed by atoms with Crippen LogP contribution in [0.25, 0.3) is 11.5 Å². The fourth-order valence-electron chi connectivity index (χ4n) is 2.29. The third-order valence-electron chi connectivity index (χ3n) is 3.50. The maximum Gasteiger partial charge on any atom is 0.232 e. The molecule has 0 aliphatic heterocycles. The first-order chi connectivity index (χ1) is 11.3. The van der Waals surface area contributed by atoms with Crippen molar-refractivity contribution in [3.63, 3.8) is 0 Å². The number of hydrogen-bond acceptors (Lipinski definition) is 5. The molecule has 2 aromatic heterocycles. The van der Waals surface area contributed by atoms with E-state index in [1.54, 1.807) is 6.20 Å². The van der Waals surface area contributed by atoms with E-state index in [0.717, 1.165) is 23.2 Å². The molecule has 0 atom stereocenters. The van der Waals surface area contributed by atoms with Crippen molar-refractivity contribution < 1.29 is 4.42 Å². The van der Waals surface area contributed by atoms with E-state index in [1.807, 2.05) is 49.4 Å². The van der Waals surface area contributed by atoms with E-state index in [9.17, 15) is 5.26 Å². The molecule has 0 unspecified atom stereocenters. The van der Waals surface area contributed by atoms with Crippen molar-refractivity contribution in [2.45, 2.75) is 13.3 Å². The SMILES string of the molecule is Cc1ccccc1-c1nc(C#N)c(NCCc2ccccn2)o1. The Labute approximate surface area is 134 Å². The lowest BCUT2D eigenvalue weighted by Gasteiger charge is -2.03. The minimum atomic E-state index is 0.268. The van der Waals surface area contributed by atoms with Crippen LogP contribution >= 0.6 is 0 Å². The molecule has 3 aromatic rings. The van der Waals surface area contributed by atoms with Crippen molar-refractivity contribution in [1.29, 1.82) is 5.26 Å². The summed E-state index contributed by atoms with van der Waals surface area (Å²) in [5.74, 6) is 0.863. The molecule has 0 amide bonds. The lowest BCUT2D eigenvalue weighted by Crippen LogP contribution is -2.06. The van der Waals surface area contributed by atoms with E-state index in [4.69, 9.17) is 4.42 Å². The summed E-state index contributed by atoms with van der Waals surface area (Å²) in [5.41, 5.74) is 3.20. The van der Waals surface area contributed by atoms with E-state index < -0.39 is 0 Å². The van der Waals surface area contributed by atoms with Crippen LogP contribution in [-0.2, 0) is 6.42 Å². The number of nitrogens with zero attached hydrogens (tertiary/aromatic N) is 3. The van der Waals surface area contributed by atoms with Crippen LogP contribution in [0.15, 0.2) is 53.1 Å². The van der Waals surface area contributed by atoms with E-state index >= 15 is 0 Å². The Morgan fingerprint density at radius 1 is 1.17 bits per heavy atom. The highest BCUT2D eigenvalue weighted by Crippen LogP contribution is 2.27. The highest BCUT2D eigenvalue weighted by atomic mass is 16.4. The van der Waals surface area contributed by atoms with Crippen molar-refractivity contribution >= 4 is 5.88 Å². The number of anilines is 1. The first-order valence-corrected chi connectivity index (χ1v) is 7.38. The normalized spacial score (nSPS) is 10.3. The number of pyridine rings is 1. The third-order valence-corrected chi connectivity index (χ3v) is 3.50. The second-order valence-electron chi connectivity index (χ2n) is 5.12. The van der Waals surface area contributed by atoms with Crippen molar-refractivity contribution in [3.05, 3.63) is 65.6 Å². The van der Waals surface area contributed by atoms with E-state index in [2.05, 4.69) is 21.4 Å². The number of aryl methyl sites for hydroxylation is 1. The van der Waals surface area contributed by atoms with E-state index in [-0.39, 0.29) is 5.69 Å². The van der Waals surface area contributed by atoms with Crippen LogP contribution in [0.3, 0.4) is 0 Å². The first-order valence-electron chi connectivity index (χ1n) is 7.38. The fraction of sp³-hybridized carbons (Fsp3) is 0.167. The smallest absolute Gasteiger partial charge is 0.232 e. The first kappa shape index (κ1) is 14.8. The number of rotatable bonds is 5. The highest BCUT2D eigenvalue weighted by molar-refractivity contribution is 5.62. The van der Waals surface area contributed by atoms with Gasteiger partial charge in [-0.25, -0.2) is 0 Å². The maximum atomic E-state index is 9.24. The Kier molecular flexibility index (Phi) is 4.34. The second-order valence-corrected chi connectivity index (χ2v) is 5.12. The number of oxazole rings is 1. The molecule has 1 N–H and O–H groups in total. The molecule has 1 aromatic carbocycles. The summed E-state index contributed by atoms with van der Waals surface area (Å²) in [4.78, 5) is 8.55. The quantitative estimate of drug-likeness (QED) is 0.780. The zero-order valence-corrected chi connectivity index (χ0v) is 12.8. The van der Waals surface area contributed by atoms with Crippen LogP contribution in [0.4, 0.5) is 5.88 Å². The van der Waals surface area contributed by atoms with Crippen LogP contribution in [0.5, 0.6) is 0 Å². The van der Waals surface area contributed by atoms with Crippen LogP contribution in [0, 0.1) is 18.3 Å². The van der Waals surface area contributed by atoms with Crippen molar-refractivity contribution in [2.24, 2.45) is 0 Å². The molecule has 5 nitrogen and oxygen atoms in total. The Morgan fingerprint density at radius 2 is 2.00 bits per heavy atom. The second kappa shape index (κ2) is 6.75. The molecule has 0 aliphatic rings. The molecule has 0 saturated heterocycles. The zero-order chi connectivity index (χ0) is 16.1. The summed E-state index contributed by atoms with van der Waals surface area (Å²) in [7, 11) is 0. The average Bonchev–Trinajstić information content (AvgIpc) is 2.99. The summed E-state index contributed by atoms with van der Waals surface area (Å²) in [6.07, 6.45) is 2.51. The maximum absolute atomic E-state index is 9.24. The molecule has 2 heterocycles. The van der Waals surface area contributed by atoms with Crippen LogP contribution in [0.1, 0.15) is 17.0 Å². The number of benzene rings is 1. The predicted octanol–water partition coefficient (Wildman–Crippen LogP) is 3.57.